The lowest BCUT2D eigenvalue weighted by Crippen LogP contribution is -2.17. The molecule has 0 radical (unpaired) electrons. The highest BCUT2D eigenvalue weighted by Gasteiger charge is 2.10. The normalized spacial score (nSPS) is 11.5. The highest BCUT2D eigenvalue weighted by Crippen LogP contribution is 2.21. The minimum atomic E-state index is -0.134. The largest absolute Gasteiger partial charge is 0.295 e. The number of aromatic nitrogens is 2. The van der Waals surface area contributed by atoms with Crippen molar-refractivity contribution in [3.05, 3.63) is 107 Å². The maximum atomic E-state index is 12.7. The molecule has 0 amide bonds. The average Bonchev–Trinajstić information content (AvgIpc) is 3.06. The van der Waals surface area contributed by atoms with E-state index in [-0.39, 0.29) is 5.56 Å². The van der Waals surface area contributed by atoms with E-state index >= 15 is 0 Å². The molecule has 0 atom stereocenters. The molecule has 6 nitrogen and oxygen atoms in total. The number of aliphatic imine (C=N–C) groups is 1. The zero-order valence-electron chi connectivity index (χ0n) is 15.9. The lowest BCUT2D eigenvalue weighted by molar-refractivity contribution is 0.835. The van der Waals surface area contributed by atoms with Gasteiger partial charge in [-0.05, 0) is 55.5 Å². The molecule has 0 bridgehead atoms. The number of benzene rings is 3. The van der Waals surface area contributed by atoms with E-state index in [0.29, 0.717) is 5.56 Å². The SMILES string of the molecule is Cc1[nH]n(-c2ccccc2)c(=O)c1C=Nc1ccc(N=Nc2ccccc2)cc1. The number of hydrogen-bond acceptors (Lipinski definition) is 4. The van der Waals surface area contributed by atoms with Crippen molar-refractivity contribution in [3.8, 4) is 5.69 Å². The van der Waals surface area contributed by atoms with Gasteiger partial charge >= 0.3 is 0 Å². The van der Waals surface area contributed by atoms with Crippen LogP contribution in [0, 0.1) is 6.92 Å². The van der Waals surface area contributed by atoms with Crippen molar-refractivity contribution in [2.45, 2.75) is 6.92 Å². The Hall–Kier alpha value is -4.06. The van der Waals surface area contributed by atoms with Crippen molar-refractivity contribution in [2.75, 3.05) is 0 Å². The Labute approximate surface area is 167 Å². The van der Waals surface area contributed by atoms with Gasteiger partial charge in [0.05, 0.1) is 28.3 Å². The standard InChI is InChI=1S/C23H19N5O/c1-17-22(23(29)28(27-17)21-10-6-3-7-11-21)16-24-18-12-14-20(15-13-18)26-25-19-8-4-2-5-9-19/h2-16,27H,1H3. The fraction of sp³-hybridized carbons (Fsp3) is 0.0435. The van der Waals surface area contributed by atoms with Crippen LogP contribution in [0.1, 0.15) is 11.3 Å². The van der Waals surface area contributed by atoms with Gasteiger partial charge in [0.1, 0.15) is 0 Å². The van der Waals surface area contributed by atoms with Gasteiger partial charge in [0.15, 0.2) is 0 Å². The maximum absolute atomic E-state index is 12.7. The lowest BCUT2D eigenvalue weighted by atomic mass is 10.2. The Bertz CT molecular complexity index is 1200. The summed E-state index contributed by atoms with van der Waals surface area (Å²) in [5.41, 5.74) is 4.20. The quantitative estimate of drug-likeness (QED) is 0.352. The summed E-state index contributed by atoms with van der Waals surface area (Å²) in [6, 6.07) is 26.4. The topological polar surface area (TPSA) is 74.9 Å². The third-order valence-electron chi connectivity index (χ3n) is 4.36. The summed E-state index contributed by atoms with van der Waals surface area (Å²) in [5.74, 6) is 0. The minimum Gasteiger partial charge on any atom is -0.295 e. The molecule has 1 heterocycles. The maximum Gasteiger partial charge on any atom is 0.280 e. The van der Waals surface area contributed by atoms with Gasteiger partial charge < -0.3 is 0 Å². The van der Waals surface area contributed by atoms with Gasteiger partial charge in [-0.3, -0.25) is 14.9 Å². The number of rotatable bonds is 5. The highest BCUT2D eigenvalue weighted by molar-refractivity contribution is 5.83. The van der Waals surface area contributed by atoms with Crippen molar-refractivity contribution in [2.24, 2.45) is 15.2 Å². The van der Waals surface area contributed by atoms with Crippen molar-refractivity contribution in [3.63, 3.8) is 0 Å². The monoisotopic (exact) mass is 381 g/mol. The van der Waals surface area contributed by atoms with Crippen LogP contribution in [0.3, 0.4) is 0 Å². The summed E-state index contributed by atoms with van der Waals surface area (Å²) in [7, 11) is 0. The number of azo groups is 1. The van der Waals surface area contributed by atoms with Crippen LogP contribution in [-0.2, 0) is 0 Å². The predicted molar refractivity (Wildman–Crippen MR) is 115 cm³/mol. The first kappa shape index (κ1) is 18.3. The number of nitrogens with zero attached hydrogens (tertiary/aromatic N) is 4. The number of aromatic amines is 1. The highest BCUT2D eigenvalue weighted by atomic mass is 16.1. The van der Waals surface area contributed by atoms with Crippen molar-refractivity contribution in [1.29, 1.82) is 0 Å². The summed E-state index contributed by atoms with van der Waals surface area (Å²) < 4.78 is 1.52. The summed E-state index contributed by atoms with van der Waals surface area (Å²) >= 11 is 0. The predicted octanol–water partition coefficient (Wildman–Crippen LogP) is 5.64. The molecule has 0 fully saturated rings. The van der Waals surface area contributed by atoms with Gasteiger partial charge in [0, 0.05) is 11.9 Å². The molecule has 0 aliphatic carbocycles. The molecule has 1 aromatic heterocycles. The van der Waals surface area contributed by atoms with E-state index in [1.54, 1.807) is 6.21 Å². The van der Waals surface area contributed by atoms with Gasteiger partial charge in [-0.25, -0.2) is 4.68 Å². The Morgan fingerprint density at radius 1 is 0.759 bits per heavy atom. The van der Waals surface area contributed by atoms with Crippen LogP contribution in [0.25, 0.3) is 5.69 Å². The summed E-state index contributed by atoms with van der Waals surface area (Å²) in [5, 5.41) is 11.5. The van der Waals surface area contributed by atoms with Crippen LogP contribution in [0.5, 0.6) is 0 Å². The first-order chi connectivity index (χ1) is 14.2. The Morgan fingerprint density at radius 2 is 1.31 bits per heavy atom. The molecule has 3 aromatic carbocycles. The van der Waals surface area contributed by atoms with E-state index in [1.165, 1.54) is 4.68 Å². The van der Waals surface area contributed by atoms with E-state index in [2.05, 4.69) is 20.3 Å². The second-order valence-corrected chi connectivity index (χ2v) is 6.44. The summed E-state index contributed by atoms with van der Waals surface area (Å²) in [6.45, 7) is 1.86. The molecular weight excluding hydrogens is 362 g/mol. The fourth-order valence-corrected chi connectivity index (χ4v) is 2.83. The van der Waals surface area contributed by atoms with Crippen LogP contribution in [0.15, 0.2) is 105 Å². The summed E-state index contributed by atoms with van der Waals surface area (Å²) in [4.78, 5) is 17.1. The Balaban J connectivity index is 1.52. The van der Waals surface area contributed by atoms with Crippen molar-refractivity contribution >= 4 is 23.3 Å². The molecule has 0 spiro atoms. The first-order valence-electron chi connectivity index (χ1n) is 9.19. The second-order valence-electron chi connectivity index (χ2n) is 6.44. The number of hydrogen-bond donors (Lipinski definition) is 1. The summed E-state index contributed by atoms with van der Waals surface area (Å²) in [6.07, 6.45) is 1.59. The molecule has 4 rings (SSSR count). The van der Waals surface area contributed by atoms with Crippen molar-refractivity contribution < 1.29 is 0 Å². The number of para-hydroxylation sites is 1. The third kappa shape index (κ3) is 4.27. The smallest absolute Gasteiger partial charge is 0.280 e. The van der Waals surface area contributed by atoms with Gasteiger partial charge in [-0.15, -0.1) is 0 Å². The van der Waals surface area contributed by atoms with E-state index in [0.717, 1.165) is 28.4 Å². The van der Waals surface area contributed by atoms with E-state index in [9.17, 15) is 4.79 Å². The number of H-pyrrole nitrogens is 1. The molecule has 0 saturated carbocycles. The second kappa shape index (κ2) is 8.31. The average molecular weight is 381 g/mol. The Morgan fingerprint density at radius 3 is 1.97 bits per heavy atom. The lowest BCUT2D eigenvalue weighted by Gasteiger charge is -1.99. The zero-order valence-corrected chi connectivity index (χ0v) is 15.9. The van der Waals surface area contributed by atoms with Crippen LogP contribution in [0.2, 0.25) is 0 Å². The molecule has 142 valence electrons. The van der Waals surface area contributed by atoms with Gasteiger partial charge in [-0.2, -0.15) is 10.2 Å². The van der Waals surface area contributed by atoms with Crippen LogP contribution >= 0.6 is 0 Å². The molecule has 1 N–H and O–H groups in total. The molecule has 29 heavy (non-hydrogen) atoms. The van der Waals surface area contributed by atoms with Crippen LogP contribution in [0.4, 0.5) is 17.1 Å². The van der Waals surface area contributed by atoms with E-state index in [1.807, 2.05) is 91.9 Å². The third-order valence-corrected chi connectivity index (χ3v) is 4.36. The molecule has 0 aliphatic heterocycles. The van der Waals surface area contributed by atoms with Gasteiger partial charge in [0.2, 0.25) is 0 Å². The van der Waals surface area contributed by atoms with E-state index in [4.69, 9.17) is 0 Å². The molecule has 0 saturated heterocycles. The number of aryl methyl sites for hydroxylation is 1. The molecule has 0 unspecified atom stereocenters. The van der Waals surface area contributed by atoms with Crippen LogP contribution in [-0.4, -0.2) is 16.0 Å². The fourth-order valence-electron chi connectivity index (χ4n) is 2.83. The van der Waals surface area contributed by atoms with E-state index < -0.39 is 0 Å². The minimum absolute atomic E-state index is 0.134. The zero-order chi connectivity index (χ0) is 20.1. The number of nitrogens with one attached hydrogen (secondary N) is 1. The molecule has 4 aromatic rings. The van der Waals surface area contributed by atoms with Gasteiger partial charge in [-0.1, -0.05) is 36.4 Å². The molecular formula is C23H19N5O. The first-order valence-corrected chi connectivity index (χ1v) is 9.19. The Kier molecular flexibility index (Phi) is 5.25. The molecule has 0 aliphatic rings. The van der Waals surface area contributed by atoms with Gasteiger partial charge in [0.25, 0.3) is 5.56 Å². The van der Waals surface area contributed by atoms with Crippen molar-refractivity contribution in [1.82, 2.24) is 9.78 Å². The molecule has 6 heteroatoms. The van der Waals surface area contributed by atoms with Crippen LogP contribution < -0.4 is 5.56 Å².